The second kappa shape index (κ2) is 17.4. The summed E-state index contributed by atoms with van der Waals surface area (Å²) in [6, 6.07) is 6.90. The van der Waals surface area contributed by atoms with Crippen molar-refractivity contribution in [2.75, 3.05) is 26.4 Å². The van der Waals surface area contributed by atoms with Gasteiger partial charge in [0.1, 0.15) is 11.6 Å². The Bertz CT molecular complexity index is 1060. The quantitative estimate of drug-likeness (QED) is 0.112. The van der Waals surface area contributed by atoms with Crippen molar-refractivity contribution in [3.05, 3.63) is 53.2 Å². The fourth-order valence-corrected chi connectivity index (χ4v) is 4.77. The number of nitrogens with one attached hydrogen (secondary N) is 1. The number of unbranched alkanes of at least 4 members (excludes halogenated alkanes) is 2. The van der Waals surface area contributed by atoms with Crippen LogP contribution < -0.4 is 15.8 Å². The van der Waals surface area contributed by atoms with Crippen LogP contribution in [0.4, 0.5) is 5.82 Å². The second-order valence-corrected chi connectivity index (χ2v) is 10.9. The van der Waals surface area contributed by atoms with Crippen molar-refractivity contribution in [1.29, 1.82) is 0 Å². The zero-order valence-electron chi connectivity index (χ0n) is 24.2. The van der Waals surface area contributed by atoms with Crippen LogP contribution in [-0.4, -0.2) is 42.4 Å². The maximum absolute atomic E-state index is 12.5. The normalized spacial score (nSPS) is 12.2. The largest absolute Gasteiger partial charge is 0.504 e. The number of hydrogen-bond acceptors (Lipinski definition) is 7. The van der Waals surface area contributed by atoms with E-state index in [0.717, 1.165) is 48.4 Å². The molecule has 2 rings (SSSR count). The number of benzene rings is 1. The first-order chi connectivity index (χ1) is 18.7. The minimum Gasteiger partial charge on any atom is -0.504 e. The van der Waals surface area contributed by atoms with Crippen LogP contribution >= 0.6 is 0 Å². The van der Waals surface area contributed by atoms with Crippen LogP contribution in [0.25, 0.3) is 6.08 Å². The molecular weight excluding hydrogens is 490 g/mol. The van der Waals surface area contributed by atoms with Crippen molar-refractivity contribution in [2.45, 2.75) is 78.1 Å². The highest BCUT2D eigenvalue weighted by molar-refractivity contribution is 6.06. The Morgan fingerprint density at radius 1 is 1.10 bits per heavy atom. The van der Waals surface area contributed by atoms with Crippen molar-refractivity contribution in [1.82, 2.24) is 10.3 Å². The van der Waals surface area contributed by atoms with Gasteiger partial charge in [0.15, 0.2) is 17.3 Å². The molecule has 0 bridgehead atoms. The number of carbonyl (C=O) groups is 2. The van der Waals surface area contributed by atoms with Crippen molar-refractivity contribution in [3.63, 3.8) is 0 Å². The van der Waals surface area contributed by atoms with E-state index in [1.165, 1.54) is 38.9 Å². The smallest absolute Gasteiger partial charge is 0.163 e. The molecule has 0 saturated carbocycles. The number of aromatic nitrogens is 1. The third-order valence-corrected chi connectivity index (χ3v) is 6.96. The van der Waals surface area contributed by atoms with Crippen LogP contribution in [0.15, 0.2) is 36.5 Å². The highest BCUT2D eigenvalue weighted by Gasteiger charge is 2.12. The predicted molar refractivity (Wildman–Crippen MR) is 159 cm³/mol. The number of ether oxygens (including phenoxy) is 1. The first-order valence-corrected chi connectivity index (χ1v) is 14.2. The van der Waals surface area contributed by atoms with Crippen LogP contribution in [-0.2, 0) is 16.0 Å². The number of phenols is 1. The molecule has 2 aromatic rings. The number of ketones is 2. The number of phenolic OH excluding ortho intramolecular Hbond substituents is 1. The summed E-state index contributed by atoms with van der Waals surface area (Å²) < 4.78 is 5.24. The molecule has 7 nitrogen and oxygen atoms in total. The molecule has 0 fully saturated rings. The first-order valence-electron chi connectivity index (χ1n) is 14.2. The number of rotatable bonds is 19. The Balaban J connectivity index is 1.84. The first kappa shape index (κ1) is 32.0. The van der Waals surface area contributed by atoms with Crippen LogP contribution in [0.5, 0.6) is 11.5 Å². The lowest BCUT2D eigenvalue weighted by molar-refractivity contribution is -0.124. The number of pyridine rings is 1. The maximum atomic E-state index is 12.5. The van der Waals surface area contributed by atoms with Gasteiger partial charge in [-0.2, -0.15) is 0 Å². The number of allylic oxidation sites excluding steroid dienone is 1. The van der Waals surface area contributed by atoms with E-state index in [4.69, 9.17) is 10.5 Å². The van der Waals surface area contributed by atoms with E-state index in [0.29, 0.717) is 30.3 Å². The zero-order chi connectivity index (χ0) is 28.6. The average Bonchev–Trinajstić information content (AvgIpc) is 2.89. The average molecular weight is 538 g/mol. The molecular formula is C32H47N3O4. The van der Waals surface area contributed by atoms with E-state index in [-0.39, 0.29) is 23.7 Å². The number of nitrogens with two attached hydrogens (primary N) is 1. The van der Waals surface area contributed by atoms with E-state index < -0.39 is 0 Å². The molecule has 0 unspecified atom stereocenters. The molecule has 214 valence electrons. The van der Waals surface area contributed by atoms with Crippen LogP contribution in [0.1, 0.15) is 88.3 Å². The Kier molecular flexibility index (Phi) is 14.3. The van der Waals surface area contributed by atoms with E-state index in [2.05, 4.69) is 24.1 Å². The van der Waals surface area contributed by atoms with Gasteiger partial charge in [-0.25, -0.2) is 4.98 Å². The van der Waals surface area contributed by atoms with Gasteiger partial charge in [0.25, 0.3) is 0 Å². The summed E-state index contributed by atoms with van der Waals surface area (Å²) in [5, 5.41) is 13.6. The molecule has 0 spiro atoms. The number of nitrogens with zero attached hydrogens (tertiary/aromatic N) is 1. The molecule has 0 aliphatic heterocycles. The fourth-order valence-electron chi connectivity index (χ4n) is 4.77. The summed E-state index contributed by atoms with van der Waals surface area (Å²) >= 11 is 0. The highest BCUT2D eigenvalue weighted by Crippen LogP contribution is 2.31. The number of nitrogen functional groups attached to an aromatic ring is 1. The summed E-state index contributed by atoms with van der Waals surface area (Å²) in [5.74, 6) is 1.95. The Morgan fingerprint density at radius 3 is 2.54 bits per heavy atom. The summed E-state index contributed by atoms with van der Waals surface area (Å²) in [6.45, 7) is 5.59. The molecule has 1 atom stereocenters. The molecule has 0 saturated heterocycles. The highest BCUT2D eigenvalue weighted by atomic mass is 16.5. The van der Waals surface area contributed by atoms with Gasteiger partial charge in [0.2, 0.25) is 0 Å². The number of methoxy groups -OCH3 is 1. The van der Waals surface area contributed by atoms with E-state index in [1.807, 2.05) is 13.1 Å². The summed E-state index contributed by atoms with van der Waals surface area (Å²) in [6.07, 6.45) is 13.6. The van der Waals surface area contributed by atoms with Gasteiger partial charge in [-0.1, -0.05) is 51.7 Å². The van der Waals surface area contributed by atoms with E-state index >= 15 is 0 Å². The topological polar surface area (TPSA) is 115 Å². The van der Waals surface area contributed by atoms with Gasteiger partial charge < -0.3 is 20.9 Å². The number of carbonyl (C=O) groups excluding carboxylic acids is 2. The van der Waals surface area contributed by atoms with Gasteiger partial charge in [0, 0.05) is 12.6 Å². The molecule has 1 aromatic carbocycles. The molecule has 7 heteroatoms. The van der Waals surface area contributed by atoms with Gasteiger partial charge in [-0.3, -0.25) is 9.59 Å². The number of Topliss-reactive ketones (excluding diaryl/α,β-unsaturated/α-hetero) is 1. The van der Waals surface area contributed by atoms with Gasteiger partial charge in [-0.05, 0) is 92.1 Å². The predicted octanol–water partition coefficient (Wildman–Crippen LogP) is 6.12. The van der Waals surface area contributed by atoms with Crippen LogP contribution in [0, 0.1) is 11.8 Å². The van der Waals surface area contributed by atoms with Crippen LogP contribution in [0.2, 0.25) is 0 Å². The monoisotopic (exact) mass is 537 g/mol. The molecule has 0 aliphatic carbocycles. The van der Waals surface area contributed by atoms with Crippen molar-refractivity contribution in [2.24, 2.45) is 11.8 Å². The summed E-state index contributed by atoms with van der Waals surface area (Å²) in [7, 11) is 3.49. The molecule has 0 amide bonds. The van der Waals surface area contributed by atoms with Gasteiger partial charge >= 0.3 is 0 Å². The third kappa shape index (κ3) is 12.5. The molecule has 1 aromatic heterocycles. The fraction of sp³-hybridized carbons (Fsp3) is 0.531. The Morgan fingerprint density at radius 2 is 1.87 bits per heavy atom. The third-order valence-electron chi connectivity index (χ3n) is 6.96. The Hall–Kier alpha value is -3.19. The van der Waals surface area contributed by atoms with Crippen molar-refractivity contribution in [3.8, 4) is 11.5 Å². The molecule has 0 aliphatic rings. The summed E-state index contributed by atoms with van der Waals surface area (Å²) in [5.41, 5.74) is 8.12. The number of aromatic hydroxyl groups is 1. The van der Waals surface area contributed by atoms with Gasteiger partial charge in [0.05, 0.1) is 13.5 Å². The lowest BCUT2D eigenvalue weighted by Crippen LogP contribution is -2.19. The van der Waals surface area contributed by atoms with E-state index in [1.54, 1.807) is 30.5 Å². The molecule has 0 radical (unpaired) electrons. The second-order valence-electron chi connectivity index (χ2n) is 10.9. The minimum absolute atomic E-state index is 0.0161. The molecule has 39 heavy (non-hydrogen) atoms. The van der Waals surface area contributed by atoms with Crippen LogP contribution in [0.3, 0.4) is 0 Å². The summed E-state index contributed by atoms with van der Waals surface area (Å²) in [4.78, 5) is 29.1. The number of hydrogen-bond donors (Lipinski definition) is 3. The Labute approximate surface area is 234 Å². The maximum Gasteiger partial charge on any atom is 0.163 e. The molecule has 1 heterocycles. The van der Waals surface area contributed by atoms with Gasteiger partial charge in [-0.15, -0.1) is 0 Å². The van der Waals surface area contributed by atoms with Crippen molar-refractivity contribution >= 4 is 23.5 Å². The SMILES string of the molecule is CNC[C@H](CCCCCC(=O)CC(=O)C=Cc1cc(OC)c(O)cc1Cc1ccc(N)nc1)CCCC(C)C. The number of anilines is 1. The lowest BCUT2D eigenvalue weighted by Gasteiger charge is -2.17. The van der Waals surface area contributed by atoms with Crippen molar-refractivity contribution < 1.29 is 19.4 Å². The lowest BCUT2D eigenvalue weighted by atomic mass is 9.93. The minimum atomic E-state index is -0.230. The molecule has 4 N–H and O–H groups in total. The van der Waals surface area contributed by atoms with E-state index in [9.17, 15) is 14.7 Å². The zero-order valence-corrected chi connectivity index (χ0v) is 24.2. The standard InChI is InChI=1S/C32H47N3O4/c1-23(2)9-8-11-24(21-34-3)10-6-5-7-12-28(36)20-29(37)15-14-26-19-31(39-4)30(38)18-27(26)17-25-13-16-32(33)35-22-25/h13-16,18-19,22-24,34,38H,5-12,17,20-21H2,1-4H3,(H2,33,35)/t24-/m1/s1.